The summed E-state index contributed by atoms with van der Waals surface area (Å²) in [6.07, 6.45) is 4.26. The van der Waals surface area contributed by atoms with E-state index in [1.807, 2.05) is 6.07 Å². The summed E-state index contributed by atoms with van der Waals surface area (Å²) in [5.41, 5.74) is 0.455. The van der Waals surface area contributed by atoms with Gasteiger partial charge in [0.2, 0.25) is 5.91 Å². The Morgan fingerprint density at radius 2 is 2.00 bits per heavy atom. The maximum atomic E-state index is 13.8. The van der Waals surface area contributed by atoms with Crippen molar-refractivity contribution in [1.29, 1.82) is 0 Å². The molecule has 2 unspecified atom stereocenters. The van der Waals surface area contributed by atoms with Crippen molar-refractivity contribution in [2.24, 2.45) is 0 Å². The van der Waals surface area contributed by atoms with E-state index in [1.165, 1.54) is 6.07 Å². The molecule has 3 heterocycles. The van der Waals surface area contributed by atoms with Gasteiger partial charge in [-0.2, -0.15) is 0 Å². The lowest BCUT2D eigenvalue weighted by Gasteiger charge is -2.27. The average Bonchev–Trinajstić information content (AvgIpc) is 3.16. The van der Waals surface area contributed by atoms with Crippen LogP contribution in [0.5, 0.6) is 0 Å². The fourth-order valence-electron chi connectivity index (χ4n) is 4.07. The summed E-state index contributed by atoms with van der Waals surface area (Å²) in [4.78, 5) is 14.8. The highest BCUT2D eigenvalue weighted by molar-refractivity contribution is 5.77. The van der Waals surface area contributed by atoms with Crippen molar-refractivity contribution < 1.29 is 13.6 Å². The number of furan rings is 1. The summed E-state index contributed by atoms with van der Waals surface area (Å²) in [6, 6.07) is 10.9. The zero-order valence-corrected chi connectivity index (χ0v) is 14.2. The van der Waals surface area contributed by atoms with Gasteiger partial charge < -0.3 is 14.6 Å². The van der Waals surface area contributed by atoms with Gasteiger partial charge in [0, 0.05) is 31.5 Å². The van der Waals surface area contributed by atoms with Crippen LogP contribution in [0.2, 0.25) is 0 Å². The van der Waals surface area contributed by atoms with E-state index < -0.39 is 0 Å². The molecular formula is C20H23FN2O2. The molecule has 4 nitrogen and oxygen atoms in total. The zero-order valence-electron chi connectivity index (χ0n) is 14.2. The van der Waals surface area contributed by atoms with E-state index >= 15 is 0 Å². The number of carbonyl (C=O) groups excluding carboxylic acids is 1. The fourth-order valence-corrected chi connectivity index (χ4v) is 4.07. The summed E-state index contributed by atoms with van der Waals surface area (Å²) in [6.45, 7) is 1.90. The first-order valence-electron chi connectivity index (χ1n) is 9.08. The van der Waals surface area contributed by atoms with Crippen LogP contribution < -0.4 is 5.32 Å². The van der Waals surface area contributed by atoms with Crippen LogP contribution in [0.4, 0.5) is 4.39 Å². The van der Waals surface area contributed by atoms with Gasteiger partial charge in [0.25, 0.3) is 0 Å². The van der Waals surface area contributed by atoms with Gasteiger partial charge >= 0.3 is 0 Å². The SMILES string of the molecule is O=C(CCc1ccc(-c2ccccc2F)o1)N1C2CCNCC1CC2. The largest absolute Gasteiger partial charge is 0.461 e. The van der Waals surface area contributed by atoms with Gasteiger partial charge in [0.15, 0.2) is 0 Å². The van der Waals surface area contributed by atoms with Crippen molar-refractivity contribution in [3.05, 3.63) is 48.0 Å². The molecule has 2 aliphatic heterocycles. The second-order valence-corrected chi connectivity index (χ2v) is 6.92. The van der Waals surface area contributed by atoms with Crippen molar-refractivity contribution in [2.75, 3.05) is 13.1 Å². The molecule has 2 aliphatic rings. The number of benzene rings is 1. The average molecular weight is 342 g/mol. The molecule has 0 aliphatic carbocycles. The maximum Gasteiger partial charge on any atom is 0.223 e. The van der Waals surface area contributed by atoms with Gasteiger partial charge in [0.05, 0.1) is 5.56 Å². The highest BCUT2D eigenvalue weighted by atomic mass is 19.1. The lowest BCUT2D eigenvalue weighted by Crippen LogP contribution is -2.42. The van der Waals surface area contributed by atoms with Crippen LogP contribution in [0.15, 0.2) is 40.8 Å². The number of hydrogen-bond acceptors (Lipinski definition) is 3. The summed E-state index contributed by atoms with van der Waals surface area (Å²) in [5, 5.41) is 3.42. The maximum absolute atomic E-state index is 13.8. The van der Waals surface area contributed by atoms with E-state index in [1.54, 1.807) is 24.3 Å². The van der Waals surface area contributed by atoms with E-state index in [-0.39, 0.29) is 11.7 Å². The standard InChI is InChI=1S/C20H23FN2O2/c21-18-4-2-1-3-17(18)19-9-7-16(25-19)8-10-20(24)23-14-5-6-15(23)13-22-12-11-14/h1-4,7,9,14-15,22H,5-6,8,10-13H2. The molecule has 2 aromatic rings. The minimum absolute atomic E-state index is 0.208. The Kier molecular flexibility index (Phi) is 4.57. The Morgan fingerprint density at radius 1 is 1.16 bits per heavy atom. The molecule has 1 amide bonds. The Balaban J connectivity index is 1.40. The van der Waals surface area contributed by atoms with E-state index in [4.69, 9.17) is 4.42 Å². The van der Waals surface area contributed by atoms with Crippen LogP contribution >= 0.6 is 0 Å². The number of hydrogen-bond donors (Lipinski definition) is 1. The summed E-state index contributed by atoms with van der Waals surface area (Å²) >= 11 is 0. The Hall–Kier alpha value is -2.14. The van der Waals surface area contributed by atoms with E-state index in [2.05, 4.69) is 10.2 Å². The summed E-state index contributed by atoms with van der Waals surface area (Å²) in [5.74, 6) is 1.15. The summed E-state index contributed by atoms with van der Waals surface area (Å²) < 4.78 is 19.6. The molecule has 2 bridgehead atoms. The number of nitrogens with one attached hydrogen (secondary N) is 1. The molecule has 25 heavy (non-hydrogen) atoms. The molecule has 5 heteroatoms. The number of amides is 1. The van der Waals surface area contributed by atoms with Crippen molar-refractivity contribution in [1.82, 2.24) is 10.2 Å². The van der Waals surface area contributed by atoms with E-state index in [0.29, 0.717) is 36.2 Å². The molecule has 0 spiro atoms. The van der Waals surface area contributed by atoms with Gasteiger partial charge in [-0.25, -0.2) is 4.39 Å². The number of carbonyl (C=O) groups is 1. The number of fused-ring (bicyclic) bond motifs is 2. The highest BCUT2D eigenvalue weighted by Crippen LogP contribution is 2.29. The highest BCUT2D eigenvalue weighted by Gasteiger charge is 2.37. The van der Waals surface area contributed by atoms with Crippen LogP contribution in [-0.2, 0) is 11.2 Å². The quantitative estimate of drug-likeness (QED) is 0.927. The molecule has 0 radical (unpaired) electrons. The van der Waals surface area contributed by atoms with Crippen LogP contribution in [0, 0.1) is 5.82 Å². The van der Waals surface area contributed by atoms with Crippen LogP contribution in [0.25, 0.3) is 11.3 Å². The fraction of sp³-hybridized carbons (Fsp3) is 0.450. The molecular weight excluding hydrogens is 319 g/mol. The molecule has 0 saturated carbocycles. The topological polar surface area (TPSA) is 45.5 Å². The smallest absolute Gasteiger partial charge is 0.223 e. The molecule has 1 aromatic carbocycles. The zero-order chi connectivity index (χ0) is 17.2. The number of rotatable bonds is 4. The Morgan fingerprint density at radius 3 is 2.88 bits per heavy atom. The van der Waals surface area contributed by atoms with E-state index in [0.717, 1.165) is 38.1 Å². The van der Waals surface area contributed by atoms with Gasteiger partial charge in [0.1, 0.15) is 17.3 Å². The lowest BCUT2D eigenvalue weighted by atomic mass is 10.1. The first kappa shape index (κ1) is 16.3. The molecule has 2 saturated heterocycles. The van der Waals surface area contributed by atoms with Gasteiger partial charge in [-0.1, -0.05) is 12.1 Å². The Bertz CT molecular complexity index is 744. The molecule has 2 atom stereocenters. The first-order valence-corrected chi connectivity index (χ1v) is 9.08. The second-order valence-electron chi connectivity index (χ2n) is 6.92. The van der Waals surface area contributed by atoms with Crippen molar-refractivity contribution in [2.45, 2.75) is 44.2 Å². The molecule has 1 aromatic heterocycles. The Labute approximate surface area is 147 Å². The van der Waals surface area contributed by atoms with Gasteiger partial charge in [-0.05, 0) is 50.1 Å². The van der Waals surface area contributed by atoms with Crippen molar-refractivity contribution in [3.8, 4) is 11.3 Å². The third-order valence-corrected chi connectivity index (χ3v) is 5.33. The number of halogens is 1. The van der Waals surface area contributed by atoms with Gasteiger partial charge in [-0.3, -0.25) is 4.79 Å². The minimum atomic E-state index is -0.298. The predicted molar refractivity (Wildman–Crippen MR) is 93.6 cm³/mol. The van der Waals surface area contributed by atoms with E-state index in [9.17, 15) is 9.18 Å². The van der Waals surface area contributed by atoms with Crippen LogP contribution in [0.3, 0.4) is 0 Å². The monoisotopic (exact) mass is 342 g/mol. The molecule has 132 valence electrons. The second kappa shape index (κ2) is 7.00. The first-order chi connectivity index (χ1) is 12.2. The number of aryl methyl sites for hydroxylation is 1. The number of nitrogens with zero attached hydrogens (tertiary/aromatic N) is 1. The third kappa shape index (κ3) is 3.33. The lowest BCUT2D eigenvalue weighted by molar-refractivity contribution is -0.133. The minimum Gasteiger partial charge on any atom is -0.461 e. The predicted octanol–water partition coefficient (Wildman–Crippen LogP) is 3.37. The van der Waals surface area contributed by atoms with Crippen LogP contribution in [0.1, 0.15) is 31.4 Å². The van der Waals surface area contributed by atoms with Gasteiger partial charge in [-0.15, -0.1) is 0 Å². The molecule has 4 rings (SSSR count). The van der Waals surface area contributed by atoms with Crippen LogP contribution in [-0.4, -0.2) is 36.0 Å². The van der Waals surface area contributed by atoms with Crippen molar-refractivity contribution in [3.63, 3.8) is 0 Å². The summed E-state index contributed by atoms with van der Waals surface area (Å²) in [7, 11) is 0. The third-order valence-electron chi connectivity index (χ3n) is 5.33. The molecule has 2 fully saturated rings. The molecule has 1 N–H and O–H groups in total. The van der Waals surface area contributed by atoms with Crippen molar-refractivity contribution >= 4 is 5.91 Å². The normalized spacial score (nSPS) is 22.8.